The molecular formula is C27H25BrN6O2. The van der Waals surface area contributed by atoms with Crippen molar-refractivity contribution in [3.05, 3.63) is 107 Å². The number of esters is 1. The summed E-state index contributed by atoms with van der Waals surface area (Å²) in [6, 6.07) is 27.8. The molecule has 3 aromatic carbocycles. The molecule has 1 heterocycles. The van der Waals surface area contributed by atoms with Crippen molar-refractivity contribution in [3.63, 3.8) is 0 Å². The van der Waals surface area contributed by atoms with Crippen LogP contribution in [-0.4, -0.2) is 22.1 Å². The maximum Gasteiger partial charge on any atom is 0.308 e. The molecule has 0 amide bonds. The average molecular weight is 545 g/mol. The molecule has 4 aromatic rings. The fraction of sp³-hybridized carbons (Fsp3) is 0.111. The zero-order chi connectivity index (χ0) is 25.3. The lowest BCUT2D eigenvalue weighted by molar-refractivity contribution is -0.145. The molecule has 4 rings (SSSR count). The van der Waals surface area contributed by atoms with Gasteiger partial charge in [-0.2, -0.15) is 4.99 Å². The zero-order valence-electron chi connectivity index (χ0n) is 19.3. The largest absolute Gasteiger partial charge is 0.461 e. The van der Waals surface area contributed by atoms with Gasteiger partial charge in [0, 0.05) is 27.3 Å². The maximum absolute atomic E-state index is 12.4. The molecule has 0 saturated heterocycles. The predicted molar refractivity (Wildman–Crippen MR) is 144 cm³/mol. The molecule has 0 aliphatic carbocycles. The van der Waals surface area contributed by atoms with Crippen molar-refractivity contribution in [2.24, 2.45) is 16.5 Å². The number of hydrogen-bond donors (Lipinski definition) is 3. The van der Waals surface area contributed by atoms with Crippen molar-refractivity contribution in [1.29, 1.82) is 0 Å². The molecule has 0 saturated carbocycles. The van der Waals surface area contributed by atoms with Crippen molar-refractivity contribution >= 4 is 39.4 Å². The summed E-state index contributed by atoms with van der Waals surface area (Å²) in [6.45, 7) is 0.0634. The van der Waals surface area contributed by atoms with Crippen LogP contribution < -0.4 is 16.8 Å². The van der Waals surface area contributed by atoms with Crippen molar-refractivity contribution in [2.75, 3.05) is 5.32 Å². The number of guanidine groups is 1. The Morgan fingerprint density at radius 1 is 0.944 bits per heavy atom. The molecule has 5 N–H and O–H groups in total. The van der Waals surface area contributed by atoms with Gasteiger partial charge in [-0.1, -0.05) is 76.6 Å². The monoisotopic (exact) mass is 544 g/mol. The van der Waals surface area contributed by atoms with Gasteiger partial charge in [-0.05, 0) is 35.9 Å². The number of nitrogens with zero attached hydrogens (tertiary/aromatic N) is 3. The third-order valence-corrected chi connectivity index (χ3v) is 5.84. The van der Waals surface area contributed by atoms with Gasteiger partial charge < -0.3 is 21.5 Å². The number of nitrogens with two attached hydrogens (primary N) is 2. The molecule has 9 heteroatoms. The lowest BCUT2D eigenvalue weighted by Crippen LogP contribution is -2.23. The summed E-state index contributed by atoms with van der Waals surface area (Å²) in [5.74, 6) is 0.106. The van der Waals surface area contributed by atoms with Crippen LogP contribution in [0.15, 0.2) is 100 Å². The van der Waals surface area contributed by atoms with E-state index in [1.54, 1.807) is 6.07 Å². The number of ether oxygens (including phenoxy) is 1. The van der Waals surface area contributed by atoms with Crippen LogP contribution in [0.5, 0.6) is 0 Å². The lowest BCUT2D eigenvalue weighted by atomic mass is 10.1. The summed E-state index contributed by atoms with van der Waals surface area (Å²) >= 11 is 3.39. The minimum absolute atomic E-state index is 0.0634. The Morgan fingerprint density at radius 2 is 1.67 bits per heavy atom. The Kier molecular flexibility index (Phi) is 8.38. The topological polar surface area (TPSA) is 129 Å². The zero-order valence-corrected chi connectivity index (χ0v) is 20.9. The van der Waals surface area contributed by atoms with Gasteiger partial charge in [0.2, 0.25) is 0 Å². The number of para-hydroxylation sites is 1. The summed E-state index contributed by atoms with van der Waals surface area (Å²) in [4.78, 5) is 16.7. The summed E-state index contributed by atoms with van der Waals surface area (Å²) in [7, 11) is 0. The number of carbonyl (C=O) groups is 1. The van der Waals surface area contributed by atoms with Crippen molar-refractivity contribution in [1.82, 2.24) is 10.2 Å². The van der Waals surface area contributed by atoms with E-state index in [1.807, 2.05) is 84.9 Å². The molecule has 0 bridgehead atoms. The highest BCUT2D eigenvalue weighted by molar-refractivity contribution is 9.10. The number of aromatic nitrogens is 2. The molecule has 0 fully saturated rings. The number of nitrogens with one attached hydrogen (secondary N) is 1. The Morgan fingerprint density at radius 3 is 2.39 bits per heavy atom. The number of halogens is 1. The van der Waals surface area contributed by atoms with E-state index in [2.05, 4.69) is 36.4 Å². The molecule has 0 aliphatic rings. The number of rotatable bonds is 8. The number of carbonyl (C=O) groups excluding carboxylic acids is 1. The van der Waals surface area contributed by atoms with Crippen LogP contribution in [0.1, 0.15) is 23.6 Å². The van der Waals surface area contributed by atoms with Gasteiger partial charge in [-0.25, -0.2) is 0 Å². The van der Waals surface area contributed by atoms with Crippen LogP contribution in [-0.2, 0) is 16.1 Å². The van der Waals surface area contributed by atoms with Gasteiger partial charge in [0.15, 0.2) is 11.8 Å². The van der Waals surface area contributed by atoms with Crippen LogP contribution in [0, 0.1) is 0 Å². The number of benzene rings is 3. The summed E-state index contributed by atoms with van der Waals surface area (Å²) in [5.41, 5.74) is 16.2. The normalized spacial score (nSPS) is 12.1. The number of aliphatic imine (C=N–C) groups is 1. The van der Waals surface area contributed by atoms with Crippen molar-refractivity contribution in [3.8, 4) is 11.3 Å². The van der Waals surface area contributed by atoms with Gasteiger partial charge >= 0.3 is 5.97 Å². The van der Waals surface area contributed by atoms with E-state index in [1.165, 1.54) is 0 Å². The lowest BCUT2D eigenvalue weighted by Gasteiger charge is -2.14. The Labute approximate surface area is 217 Å². The van der Waals surface area contributed by atoms with E-state index in [4.69, 9.17) is 16.2 Å². The first kappa shape index (κ1) is 25.0. The second kappa shape index (κ2) is 12.1. The van der Waals surface area contributed by atoms with Gasteiger partial charge in [-0.15, -0.1) is 10.2 Å². The van der Waals surface area contributed by atoms with Gasteiger partial charge in [0.1, 0.15) is 6.61 Å². The Balaban J connectivity index is 1.35. The van der Waals surface area contributed by atoms with E-state index >= 15 is 0 Å². The summed E-state index contributed by atoms with van der Waals surface area (Å²) < 4.78 is 6.42. The third-order valence-electron chi connectivity index (χ3n) is 5.31. The number of anilines is 1. The highest BCUT2D eigenvalue weighted by atomic mass is 79.9. The van der Waals surface area contributed by atoms with E-state index in [-0.39, 0.29) is 19.0 Å². The molecule has 1 unspecified atom stereocenters. The molecule has 36 heavy (non-hydrogen) atoms. The van der Waals surface area contributed by atoms with Crippen LogP contribution in [0.4, 0.5) is 11.5 Å². The molecule has 8 nitrogen and oxygen atoms in total. The summed E-state index contributed by atoms with van der Waals surface area (Å²) in [6.07, 6.45) is 0.0679. The molecule has 0 radical (unpaired) electrons. The molecule has 1 atom stereocenters. The highest BCUT2D eigenvalue weighted by Gasteiger charge is 2.14. The molecule has 0 spiro atoms. The van der Waals surface area contributed by atoms with Crippen molar-refractivity contribution in [2.45, 2.75) is 19.1 Å². The third kappa shape index (κ3) is 6.97. The van der Waals surface area contributed by atoms with E-state index in [0.29, 0.717) is 11.5 Å². The molecular weight excluding hydrogens is 520 g/mol. The minimum atomic E-state index is -0.448. The fourth-order valence-electron chi connectivity index (χ4n) is 3.43. The smallest absolute Gasteiger partial charge is 0.308 e. The quantitative estimate of drug-likeness (QED) is 0.160. The number of hydrogen-bond acceptors (Lipinski definition) is 6. The van der Waals surface area contributed by atoms with E-state index in [9.17, 15) is 4.79 Å². The van der Waals surface area contributed by atoms with Crippen molar-refractivity contribution < 1.29 is 9.53 Å². The first-order chi connectivity index (χ1) is 17.5. The first-order valence-electron chi connectivity index (χ1n) is 11.2. The van der Waals surface area contributed by atoms with Gasteiger partial charge in [0.25, 0.3) is 0 Å². The SMILES string of the molecule is NC(=Nc1ccc(-c2ccccc2)nn1)Nc1ccccc1COC(=O)CC(N)c1ccc(Br)cc1. The molecule has 0 aliphatic heterocycles. The van der Waals surface area contributed by atoms with Gasteiger partial charge in [-0.3, -0.25) is 4.79 Å². The predicted octanol–water partition coefficient (Wildman–Crippen LogP) is 5.10. The van der Waals surface area contributed by atoms with E-state index in [0.717, 1.165) is 26.9 Å². The second-order valence-electron chi connectivity index (χ2n) is 7.94. The molecule has 1 aromatic heterocycles. The van der Waals surface area contributed by atoms with Crippen LogP contribution in [0.2, 0.25) is 0 Å². The maximum atomic E-state index is 12.4. The fourth-order valence-corrected chi connectivity index (χ4v) is 3.69. The van der Waals surface area contributed by atoms with Crippen LogP contribution in [0.25, 0.3) is 11.3 Å². The minimum Gasteiger partial charge on any atom is -0.461 e. The van der Waals surface area contributed by atoms with Crippen LogP contribution in [0.3, 0.4) is 0 Å². The second-order valence-corrected chi connectivity index (χ2v) is 8.86. The highest BCUT2D eigenvalue weighted by Crippen LogP contribution is 2.21. The Hall–Kier alpha value is -4.08. The Bertz CT molecular complexity index is 1330. The summed E-state index contributed by atoms with van der Waals surface area (Å²) in [5, 5.41) is 11.4. The first-order valence-corrected chi connectivity index (χ1v) is 12.0. The average Bonchev–Trinajstić information content (AvgIpc) is 2.89. The van der Waals surface area contributed by atoms with E-state index < -0.39 is 12.0 Å². The van der Waals surface area contributed by atoms with Gasteiger partial charge in [0.05, 0.1) is 12.1 Å². The standard InChI is InChI=1S/C27H25BrN6O2/c28-21-12-10-18(11-13-21)22(29)16-26(35)36-17-20-8-4-5-9-23(20)31-27(30)32-25-15-14-24(33-34-25)19-6-2-1-3-7-19/h1-15,22H,16-17,29H2,(H3,30,31,32,34). The van der Waals surface area contributed by atoms with Crippen LogP contribution >= 0.6 is 15.9 Å². The molecule has 182 valence electrons.